The summed E-state index contributed by atoms with van der Waals surface area (Å²) in [6.07, 6.45) is 2.28. The highest BCUT2D eigenvalue weighted by molar-refractivity contribution is 6.33. The van der Waals surface area contributed by atoms with Crippen LogP contribution < -0.4 is 5.32 Å². The third-order valence-corrected chi connectivity index (χ3v) is 3.74. The standard InChI is InChI=1S/C14H19ClN2O2/c1-17(2)14(18)9-4-5-12(15)13(6-9)16-10-7-11(8-10)19-3/h4-6,10-11,16H,7-8H2,1-3H3. The Bertz CT molecular complexity index is 471. The molecule has 4 nitrogen and oxygen atoms in total. The van der Waals surface area contributed by atoms with Crippen LogP contribution in [0.5, 0.6) is 0 Å². The maximum absolute atomic E-state index is 11.9. The molecule has 0 radical (unpaired) electrons. The molecule has 1 aliphatic rings. The lowest BCUT2D eigenvalue weighted by atomic mass is 9.89. The molecule has 5 heteroatoms. The quantitative estimate of drug-likeness (QED) is 0.923. The van der Waals surface area contributed by atoms with Crippen LogP contribution in [0.4, 0.5) is 5.69 Å². The zero-order valence-corrected chi connectivity index (χ0v) is 12.2. The Labute approximate surface area is 118 Å². The van der Waals surface area contributed by atoms with Gasteiger partial charge in [0.05, 0.1) is 16.8 Å². The van der Waals surface area contributed by atoms with Gasteiger partial charge in [0.1, 0.15) is 0 Å². The van der Waals surface area contributed by atoms with Gasteiger partial charge in [0.25, 0.3) is 5.91 Å². The number of amides is 1. The van der Waals surface area contributed by atoms with Crippen molar-refractivity contribution >= 4 is 23.2 Å². The summed E-state index contributed by atoms with van der Waals surface area (Å²) in [7, 11) is 5.20. The van der Waals surface area contributed by atoms with Crippen LogP contribution in [-0.2, 0) is 4.74 Å². The number of carbonyl (C=O) groups excluding carboxylic acids is 1. The van der Waals surface area contributed by atoms with Crippen LogP contribution in [0.25, 0.3) is 0 Å². The molecule has 1 N–H and O–H groups in total. The monoisotopic (exact) mass is 282 g/mol. The van der Waals surface area contributed by atoms with Crippen LogP contribution in [-0.4, -0.2) is 44.2 Å². The second-order valence-electron chi connectivity index (χ2n) is 5.06. The largest absolute Gasteiger partial charge is 0.381 e. The third kappa shape index (κ3) is 3.19. The summed E-state index contributed by atoms with van der Waals surface area (Å²) in [5.41, 5.74) is 1.45. The molecule has 0 saturated heterocycles. The summed E-state index contributed by atoms with van der Waals surface area (Å²) < 4.78 is 5.24. The highest BCUT2D eigenvalue weighted by Crippen LogP contribution is 2.30. The summed E-state index contributed by atoms with van der Waals surface area (Å²) >= 11 is 6.16. The summed E-state index contributed by atoms with van der Waals surface area (Å²) in [4.78, 5) is 13.5. The molecule has 104 valence electrons. The van der Waals surface area contributed by atoms with Crippen LogP contribution >= 0.6 is 11.6 Å². The van der Waals surface area contributed by atoms with Gasteiger partial charge in [0.2, 0.25) is 0 Å². The van der Waals surface area contributed by atoms with Crippen molar-refractivity contribution in [1.82, 2.24) is 4.90 Å². The number of ether oxygens (including phenoxy) is 1. The number of anilines is 1. The van der Waals surface area contributed by atoms with Crippen LogP contribution in [0, 0.1) is 0 Å². The number of nitrogens with one attached hydrogen (secondary N) is 1. The lowest BCUT2D eigenvalue weighted by molar-refractivity contribution is 0.0328. The number of benzene rings is 1. The molecular weight excluding hydrogens is 264 g/mol. The second-order valence-corrected chi connectivity index (χ2v) is 5.47. The van der Waals surface area contributed by atoms with Gasteiger partial charge in [-0.05, 0) is 31.0 Å². The molecular formula is C14H19ClN2O2. The van der Waals surface area contributed by atoms with Crippen LogP contribution in [0.15, 0.2) is 18.2 Å². The molecule has 1 aromatic rings. The van der Waals surface area contributed by atoms with Gasteiger partial charge in [-0.1, -0.05) is 11.6 Å². The lowest BCUT2D eigenvalue weighted by Crippen LogP contribution is -2.40. The predicted molar refractivity (Wildman–Crippen MR) is 76.9 cm³/mol. The molecule has 2 rings (SSSR count). The van der Waals surface area contributed by atoms with E-state index in [2.05, 4.69) is 5.32 Å². The molecule has 0 atom stereocenters. The zero-order valence-electron chi connectivity index (χ0n) is 11.4. The molecule has 0 unspecified atom stereocenters. The SMILES string of the molecule is COC1CC(Nc2cc(C(=O)N(C)C)ccc2Cl)C1. The van der Waals surface area contributed by atoms with E-state index in [0.717, 1.165) is 18.5 Å². The molecule has 1 saturated carbocycles. The van der Waals surface area contributed by atoms with Gasteiger partial charge in [0, 0.05) is 32.8 Å². The van der Waals surface area contributed by atoms with Crippen molar-refractivity contribution in [1.29, 1.82) is 0 Å². The Morgan fingerprint density at radius 2 is 2.11 bits per heavy atom. The first-order valence-electron chi connectivity index (χ1n) is 6.31. The van der Waals surface area contributed by atoms with Gasteiger partial charge in [0.15, 0.2) is 0 Å². The van der Waals surface area contributed by atoms with Crippen molar-refractivity contribution in [2.75, 3.05) is 26.5 Å². The van der Waals surface area contributed by atoms with Crippen molar-refractivity contribution in [3.8, 4) is 0 Å². The number of hydrogen-bond acceptors (Lipinski definition) is 3. The van der Waals surface area contributed by atoms with E-state index in [1.165, 1.54) is 0 Å². The maximum atomic E-state index is 11.9. The van der Waals surface area contributed by atoms with E-state index in [-0.39, 0.29) is 5.91 Å². The minimum absolute atomic E-state index is 0.0249. The first-order valence-corrected chi connectivity index (χ1v) is 6.69. The second kappa shape index (κ2) is 5.80. The van der Waals surface area contributed by atoms with E-state index in [0.29, 0.717) is 22.7 Å². The fourth-order valence-corrected chi connectivity index (χ4v) is 2.30. The Hall–Kier alpha value is -1.26. The molecule has 0 spiro atoms. The van der Waals surface area contributed by atoms with Crippen molar-refractivity contribution in [2.24, 2.45) is 0 Å². The molecule has 0 aliphatic heterocycles. The van der Waals surface area contributed by atoms with E-state index >= 15 is 0 Å². The maximum Gasteiger partial charge on any atom is 0.253 e. The summed E-state index contributed by atoms with van der Waals surface area (Å²) in [5, 5.41) is 4.00. The molecule has 1 aromatic carbocycles. The molecule has 1 amide bonds. The van der Waals surface area contributed by atoms with Crippen molar-refractivity contribution in [3.63, 3.8) is 0 Å². The first kappa shape index (κ1) is 14.2. The van der Waals surface area contributed by atoms with Crippen LogP contribution in [0.3, 0.4) is 0 Å². The van der Waals surface area contributed by atoms with Gasteiger partial charge in [-0.25, -0.2) is 0 Å². The lowest BCUT2D eigenvalue weighted by Gasteiger charge is -2.35. The van der Waals surface area contributed by atoms with Gasteiger partial charge in [-0.2, -0.15) is 0 Å². The van der Waals surface area contributed by atoms with Crippen molar-refractivity contribution < 1.29 is 9.53 Å². The molecule has 1 fully saturated rings. The van der Waals surface area contributed by atoms with E-state index in [1.54, 1.807) is 38.2 Å². The minimum Gasteiger partial charge on any atom is -0.381 e. The average Bonchev–Trinajstić information content (AvgIpc) is 2.34. The molecule has 19 heavy (non-hydrogen) atoms. The average molecular weight is 283 g/mol. The van der Waals surface area contributed by atoms with E-state index in [9.17, 15) is 4.79 Å². The number of halogens is 1. The zero-order chi connectivity index (χ0) is 14.0. The molecule has 0 heterocycles. The first-order chi connectivity index (χ1) is 9.01. The Kier molecular flexibility index (Phi) is 4.32. The number of methoxy groups -OCH3 is 1. The smallest absolute Gasteiger partial charge is 0.253 e. The number of carbonyl (C=O) groups is 1. The number of nitrogens with zero attached hydrogens (tertiary/aromatic N) is 1. The highest BCUT2D eigenvalue weighted by Gasteiger charge is 2.29. The number of rotatable bonds is 4. The van der Waals surface area contributed by atoms with Crippen LogP contribution in [0.1, 0.15) is 23.2 Å². The number of hydrogen-bond donors (Lipinski definition) is 1. The highest BCUT2D eigenvalue weighted by atomic mass is 35.5. The third-order valence-electron chi connectivity index (χ3n) is 3.41. The fourth-order valence-electron chi connectivity index (χ4n) is 2.12. The van der Waals surface area contributed by atoms with E-state index in [1.807, 2.05) is 6.07 Å². The van der Waals surface area contributed by atoms with Gasteiger partial charge >= 0.3 is 0 Å². The van der Waals surface area contributed by atoms with E-state index < -0.39 is 0 Å². The normalized spacial score (nSPS) is 21.7. The predicted octanol–water partition coefficient (Wildman–Crippen LogP) is 2.63. The van der Waals surface area contributed by atoms with Crippen molar-refractivity contribution in [3.05, 3.63) is 28.8 Å². The van der Waals surface area contributed by atoms with Gasteiger partial charge in [-0.3, -0.25) is 4.79 Å². The van der Waals surface area contributed by atoms with Gasteiger partial charge < -0.3 is 15.0 Å². The van der Waals surface area contributed by atoms with Gasteiger partial charge in [-0.15, -0.1) is 0 Å². The Morgan fingerprint density at radius 1 is 1.42 bits per heavy atom. The topological polar surface area (TPSA) is 41.6 Å². The summed E-state index contributed by atoms with van der Waals surface area (Å²) in [5.74, 6) is -0.0249. The summed E-state index contributed by atoms with van der Waals surface area (Å²) in [6.45, 7) is 0. The molecule has 1 aliphatic carbocycles. The van der Waals surface area contributed by atoms with E-state index in [4.69, 9.17) is 16.3 Å². The van der Waals surface area contributed by atoms with Crippen LogP contribution in [0.2, 0.25) is 5.02 Å². The molecule has 0 aromatic heterocycles. The fraction of sp³-hybridized carbons (Fsp3) is 0.500. The minimum atomic E-state index is -0.0249. The van der Waals surface area contributed by atoms with Crippen molar-refractivity contribution in [2.45, 2.75) is 25.0 Å². The molecule has 0 bridgehead atoms. The Morgan fingerprint density at radius 3 is 2.68 bits per heavy atom. The summed E-state index contributed by atoms with van der Waals surface area (Å²) in [6, 6.07) is 5.68. The Balaban J connectivity index is 2.08.